The van der Waals surface area contributed by atoms with Gasteiger partial charge in [-0.05, 0) is 44.1 Å². The van der Waals surface area contributed by atoms with Gasteiger partial charge in [-0.3, -0.25) is 0 Å². The highest BCUT2D eigenvalue weighted by Gasteiger charge is 2.27. The topological polar surface area (TPSA) is 0 Å². The van der Waals surface area contributed by atoms with Gasteiger partial charge in [-0.25, -0.2) is 0 Å². The van der Waals surface area contributed by atoms with Crippen molar-refractivity contribution in [1.82, 2.24) is 0 Å². The molecule has 0 atom stereocenters. The van der Waals surface area contributed by atoms with Crippen molar-refractivity contribution < 1.29 is 4.48 Å². The summed E-state index contributed by atoms with van der Waals surface area (Å²) in [6.07, 6.45) is 24.5. The first-order valence-electron chi connectivity index (χ1n) is 10.8. The van der Waals surface area contributed by atoms with Gasteiger partial charge in [0.2, 0.25) is 0 Å². The minimum atomic E-state index is 1.06. The van der Waals surface area contributed by atoms with Gasteiger partial charge in [-0.2, -0.15) is 0 Å². The first kappa shape index (κ1) is 19.0. The van der Waals surface area contributed by atoms with E-state index in [4.69, 9.17) is 0 Å². The fraction of sp³-hybridized carbons (Fsp3) is 0.909. The van der Waals surface area contributed by atoms with E-state index in [0.717, 1.165) is 5.92 Å². The average Bonchev–Trinajstić information content (AvgIpc) is 2.70. The molecule has 0 aromatic rings. The molecular weight excluding hydrogens is 278 g/mol. The monoisotopic (exact) mass is 320 g/mol. The lowest BCUT2D eigenvalue weighted by atomic mass is 9.91. The van der Waals surface area contributed by atoms with Gasteiger partial charge in [0.1, 0.15) is 0 Å². The maximum absolute atomic E-state index is 4.01. The number of hydrogen-bond donors (Lipinski definition) is 0. The van der Waals surface area contributed by atoms with E-state index in [1.807, 2.05) is 0 Å². The third kappa shape index (κ3) is 7.42. The van der Waals surface area contributed by atoms with E-state index in [1.165, 1.54) is 127 Å². The summed E-state index contributed by atoms with van der Waals surface area (Å²) in [5, 5.41) is 0. The zero-order valence-electron chi connectivity index (χ0n) is 15.7. The van der Waals surface area contributed by atoms with Gasteiger partial charge >= 0.3 is 0 Å². The first-order chi connectivity index (χ1) is 11.3. The van der Waals surface area contributed by atoms with Crippen LogP contribution in [0.2, 0.25) is 0 Å². The van der Waals surface area contributed by atoms with Crippen LogP contribution >= 0.6 is 0 Å². The summed E-state index contributed by atoms with van der Waals surface area (Å²) in [7, 11) is 0. The molecule has 1 aliphatic carbocycles. The number of piperidine rings is 1. The zero-order chi connectivity index (χ0) is 16.2. The van der Waals surface area contributed by atoms with E-state index in [9.17, 15) is 0 Å². The molecule has 0 amide bonds. The Bertz CT molecular complexity index is 293. The van der Waals surface area contributed by atoms with Crippen LogP contribution in [-0.4, -0.2) is 30.7 Å². The molecule has 0 spiro atoms. The van der Waals surface area contributed by atoms with Gasteiger partial charge in [-0.1, -0.05) is 70.8 Å². The fourth-order valence-corrected chi connectivity index (χ4v) is 5.02. The van der Waals surface area contributed by atoms with Crippen molar-refractivity contribution >= 4 is 0 Å². The summed E-state index contributed by atoms with van der Waals surface area (Å²) >= 11 is 0. The Hall–Kier alpha value is -0.300. The number of hydrogen-bond acceptors (Lipinski definition) is 0. The summed E-state index contributed by atoms with van der Waals surface area (Å²) in [6, 6.07) is 0. The molecule has 0 unspecified atom stereocenters. The van der Waals surface area contributed by atoms with Gasteiger partial charge in [0, 0.05) is 0 Å². The number of likely N-dealkylation sites (tertiary alicyclic amines) is 1. The summed E-state index contributed by atoms with van der Waals surface area (Å²) in [4.78, 5) is 0. The molecule has 134 valence electrons. The highest BCUT2D eigenvalue weighted by atomic mass is 15.3. The molecule has 1 heteroatoms. The second-order valence-electron chi connectivity index (χ2n) is 8.46. The molecule has 1 saturated carbocycles. The van der Waals surface area contributed by atoms with Gasteiger partial charge < -0.3 is 4.48 Å². The lowest BCUT2D eigenvalue weighted by Gasteiger charge is -2.41. The Labute approximate surface area is 146 Å². The van der Waals surface area contributed by atoms with Crippen molar-refractivity contribution in [3.05, 3.63) is 12.7 Å². The van der Waals surface area contributed by atoms with Crippen molar-refractivity contribution in [1.29, 1.82) is 0 Å². The van der Waals surface area contributed by atoms with E-state index in [2.05, 4.69) is 12.7 Å². The Morgan fingerprint density at radius 3 is 2.00 bits per heavy atom. The van der Waals surface area contributed by atoms with Crippen molar-refractivity contribution in [3.8, 4) is 0 Å². The molecule has 0 aromatic carbocycles. The number of unbranched alkanes of at least 4 members (excludes halogenated alkanes) is 2. The molecule has 23 heavy (non-hydrogen) atoms. The quantitative estimate of drug-likeness (QED) is 0.272. The van der Waals surface area contributed by atoms with Crippen LogP contribution in [0.3, 0.4) is 0 Å². The third-order valence-corrected chi connectivity index (χ3v) is 6.50. The Morgan fingerprint density at radius 1 is 0.739 bits per heavy atom. The van der Waals surface area contributed by atoms with Crippen molar-refractivity contribution in [3.63, 3.8) is 0 Å². The van der Waals surface area contributed by atoms with Crippen LogP contribution < -0.4 is 0 Å². The molecule has 0 bridgehead atoms. The SMILES string of the molecule is C=CC[N+]1(CCCCCC2CCCCCCCC2)CCCCC1. The molecule has 0 radical (unpaired) electrons. The van der Waals surface area contributed by atoms with Crippen LogP contribution in [0, 0.1) is 5.92 Å². The molecule has 0 aromatic heterocycles. The molecule has 2 rings (SSSR count). The van der Waals surface area contributed by atoms with Crippen molar-refractivity contribution in [2.45, 2.75) is 96.3 Å². The average molecular weight is 321 g/mol. The van der Waals surface area contributed by atoms with Crippen LogP contribution in [0.25, 0.3) is 0 Å². The lowest BCUT2D eigenvalue weighted by Crippen LogP contribution is -2.52. The maximum atomic E-state index is 4.01. The van der Waals surface area contributed by atoms with Gasteiger partial charge in [0.15, 0.2) is 0 Å². The van der Waals surface area contributed by atoms with E-state index >= 15 is 0 Å². The van der Waals surface area contributed by atoms with Gasteiger partial charge in [-0.15, -0.1) is 0 Å². The number of nitrogens with zero attached hydrogens (tertiary/aromatic N) is 1. The minimum absolute atomic E-state index is 1.06. The summed E-state index contributed by atoms with van der Waals surface area (Å²) in [5.41, 5.74) is 0. The van der Waals surface area contributed by atoms with Gasteiger partial charge in [0.25, 0.3) is 0 Å². The molecule has 1 nitrogen and oxygen atoms in total. The predicted molar refractivity (Wildman–Crippen MR) is 103 cm³/mol. The van der Waals surface area contributed by atoms with E-state index in [-0.39, 0.29) is 0 Å². The zero-order valence-corrected chi connectivity index (χ0v) is 15.7. The van der Waals surface area contributed by atoms with Crippen molar-refractivity contribution in [2.75, 3.05) is 26.2 Å². The van der Waals surface area contributed by atoms with E-state index in [1.54, 1.807) is 0 Å². The van der Waals surface area contributed by atoms with E-state index < -0.39 is 0 Å². The Kier molecular flexibility index (Phi) is 9.34. The highest BCUT2D eigenvalue weighted by Crippen LogP contribution is 2.26. The second-order valence-corrected chi connectivity index (χ2v) is 8.46. The van der Waals surface area contributed by atoms with Crippen LogP contribution in [0.5, 0.6) is 0 Å². The number of rotatable bonds is 8. The standard InChI is InChI=1S/C22H42N/c1-2-18-23(20-13-8-14-21-23)19-12-7-11-17-22-15-9-5-3-4-6-10-16-22/h2,22H,1,3-21H2/q+1. The fourth-order valence-electron chi connectivity index (χ4n) is 5.02. The summed E-state index contributed by atoms with van der Waals surface area (Å²) in [5.74, 6) is 1.06. The molecule has 0 N–H and O–H groups in total. The molecule has 1 aliphatic heterocycles. The summed E-state index contributed by atoms with van der Waals surface area (Å²) in [6.45, 7) is 9.46. The third-order valence-electron chi connectivity index (χ3n) is 6.50. The van der Waals surface area contributed by atoms with Gasteiger partial charge in [0.05, 0.1) is 26.2 Å². The largest absolute Gasteiger partial charge is 0.320 e. The van der Waals surface area contributed by atoms with Crippen LogP contribution in [-0.2, 0) is 0 Å². The molecule has 1 heterocycles. The maximum Gasteiger partial charge on any atom is 0.0971 e. The second kappa shape index (κ2) is 11.3. The smallest absolute Gasteiger partial charge is 0.0971 e. The lowest BCUT2D eigenvalue weighted by molar-refractivity contribution is -0.927. The predicted octanol–water partition coefficient (Wildman–Crippen LogP) is 6.48. The normalized spacial score (nSPS) is 23.7. The molecule has 1 saturated heterocycles. The molecule has 2 fully saturated rings. The highest BCUT2D eigenvalue weighted by molar-refractivity contribution is 4.69. The van der Waals surface area contributed by atoms with Crippen molar-refractivity contribution in [2.24, 2.45) is 5.92 Å². The Balaban J connectivity index is 1.60. The van der Waals surface area contributed by atoms with Crippen LogP contribution in [0.15, 0.2) is 12.7 Å². The van der Waals surface area contributed by atoms with E-state index in [0.29, 0.717) is 0 Å². The molecular formula is C22H42N+. The summed E-state index contributed by atoms with van der Waals surface area (Å²) < 4.78 is 1.35. The first-order valence-corrected chi connectivity index (χ1v) is 10.8. The number of quaternary nitrogens is 1. The Morgan fingerprint density at radius 2 is 1.35 bits per heavy atom. The minimum Gasteiger partial charge on any atom is -0.320 e. The van der Waals surface area contributed by atoms with Crippen LogP contribution in [0.4, 0.5) is 0 Å². The van der Waals surface area contributed by atoms with Crippen LogP contribution in [0.1, 0.15) is 96.3 Å². The molecule has 2 aliphatic rings.